The van der Waals surface area contributed by atoms with Gasteiger partial charge in [-0.1, -0.05) is 29.8 Å². The summed E-state index contributed by atoms with van der Waals surface area (Å²) in [6.07, 6.45) is -1.53. The van der Waals surface area contributed by atoms with Gasteiger partial charge in [0.2, 0.25) is 0 Å². The Hall–Kier alpha value is -1.79. The molecule has 0 radical (unpaired) electrons. The van der Waals surface area contributed by atoms with Crippen molar-refractivity contribution in [3.8, 4) is 0 Å². The smallest absolute Gasteiger partial charge is 0.332 e. The average molecular weight is 301 g/mol. The molecule has 4 N–H and O–H groups in total. The van der Waals surface area contributed by atoms with Crippen LogP contribution in [0.3, 0.4) is 0 Å². The summed E-state index contributed by atoms with van der Waals surface area (Å²) >= 11 is 6.01. The highest BCUT2D eigenvalue weighted by atomic mass is 35.5. The number of aliphatic hydroxyl groups is 1. The molecule has 0 heterocycles. The van der Waals surface area contributed by atoms with E-state index >= 15 is 0 Å². The quantitative estimate of drug-likeness (QED) is 0.640. The Kier molecular flexibility index (Phi) is 6.27. The number of nitrogens with one attached hydrogen (secondary N) is 2. The van der Waals surface area contributed by atoms with Gasteiger partial charge in [0.15, 0.2) is 6.10 Å². The van der Waals surface area contributed by atoms with Gasteiger partial charge in [-0.2, -0.15) is 0 Å². The number of hydrogen-bond donors (Lipinski definition) is 4. The van der Waals surface area contributed by atoms with Crippen LogP contribution in [0.4, 0.5) is 4.79 Å². The molecule has 2 unspecified atom stereocenters. The maximum absolute atomic E-state index is 11.6. The lowest BCUT2D eigenvalue weighted by atomic mass is 10.1. The first-order valence-electron chi connectivity index (χ1n) is 6.11. The van der Waals surface area contributed by atoms with Gasteiger partial charge in [-0.25, -0.2) is 9.59 Å². The van der Waals surface area contributed by atoms with E-state index in [0.29, 0.717) is 5.02 Å². The number of hydrogen-bond acceptors (Lipinski definition) is 3. The number of urea groups is 1. The van der Waals surface area contributed by atoms with Gasteiger partial charge in [-0.3, -0.25) is 0 Å². The fourth-order valence-electron chi connectivity index (χ4n) is 1.60. The number of benzene rings is 1. The summed E-state index contributed by atoms with van der Waals surface area (Å²) in [6.45, 7) is 1.85. The van der Waals surface area contributed by atoms with Crippen molar-refractivity contribution >= 4 is 23.6 Å². The van der Waals surface area contributed by atoms with E-state index in [9.17, 15) is 9.59 Å². The first kappa shape index (κ1) is 16.3. The van der Waals surface area contributed by atoms with Crippen molar-refractivity contribution in [3.63, 3.8) is 0 Å². The van der Waals surface area contributed by atoms with Crippen LogP contribution in [0.5, 0.6) is 0 Å². The monoisotopic (exact) mass is 300 g/mol. The zero-order chi connectivity index (χ0) is 15.1. The molecule has 0 spiro atoms. The fraction of sp³-hybridized carbons (Fsp3) is 0.385. The molecule has 2 amide bonds. The third-order valence-corrected chi connectivity index (χ3v) is 3.05. The zero-order valence-corrected chi connectivity index (χ0v) is 11.7. The van der Waals surface area contributed by atoms with Crippen LogP contribution in [0.1, 0.15) is 24.9 Å². The number of rotatable bonds is 6. The van der Waals surface area contributed by atoms with Crippen LogP contribution < -0.4 is 10.6 Å². The molecule has 110 valence electrons. The predicted octanol–water partition coefficient (Wildman–Crippen LogP) is 1.54. The molecular weight excluding hydrogens is 284 g/mol. The predicted molar refractivity (Wildman–Crippen MR) is 74.7 cm³/mol. The summed E-state index contributed by atoms with van der Waals surface area (Å²) in [4.78, 5) is 22.0. The molecule has 20 heavy (non-hydrogen) atoms. The Bertz CT molecular complexity index is 481. The fourth-order valence-corrected chi connectivity index (χ4v) is 1.90. The second-order valence-electron chi connectivity index (χ2n) is 4.29. The SMILES string of the molecule is CC(NC(=O)NCCC(O)C(=O)O)c1ccccc1Cl. The maximum Gasteiger partial charge on any atom is 0.332 e. The van der Waals surface area contributed by atoms with Crippen LogP contribution in [-0.4, -0.2) is 34.9 Å². The van der Waals surface area contributed by atoms with Crippen molar-refractivity contribution in [2.75, 3.05) is 6.54 Å². The second kappa shape index (κ2) is 7.72. The standard InChI is InChI=1S/C13H17ClN2O4/c1-8(9-4-2-3-5-10(9)14)16-13(20)15-7-6-11(17)12(18)19/h2-5,8,11,17H,6-7H2,1H3,(H,18,19)(H2,15,16,20). The normalized spacial score (nSPS) is 13.3. The molecule has 7 heteroatoms. The minimum atomic E-state index is -1.48. The number of carboxylic acids is 1. The van der Waals surface area contributed by atoms with Crippen LogP contribution >= 0.6 is 11.6 Å². The van der Waals surface area contributed by atoms with Crippen LogP contribution in [0, 0.1) is 0 Å². The first-order chi connectivity index (χ1) is 9.41. The first-order valence-corrected chi connectivity index (χ1v) is 6.49. The topological polar surface area (TPSA) is 98.7 Å². The summed E-state index contributed by atoms with van der Waals surface area (Å²) < 4.78 is 0. The summed E-state index contributed by atoms with van der Waals surface area (Å²) in [5, 5.41) is 23.2. The molecule has 1 aromatic rings. The molecule has 1 rings (SSSR count). The lowest BCUT2D eigenvalue weighted by molar-refractivity contribution is -0.146. The van der Waals surface area contributed by atoms with Crippen molar-refractivity contribution in [2.45, 2.75) is 25.5 Å². The highest BCUT2D eigenvalue weighted by molar-refractivity contribution is 6.31. The Morgan fingerprint density at radius 3 is 2.60 bits per heavy atom. The molecule has 0 aromatic heterocycles. The summed E-state index contributed by atoms with van der Waals surface area (Å²) in [5.74, 6) is -1.31. The van der Waals surface area contributed by atoms with E-state index in [0.717, 1.165) is 5.56 Å². The van der Waals surface area contributed by atoms with Gasteiger partial charge in [-0.15, -0.1) is 0 Å². The van der Waals surface area contributed by atoms with E-state index in [1.54, 1.807) is 19.1 Å². The van der Waals surface area contributed by atoms with Crippen LogP contribution in [0.25, 0.3) is 0 Å². The Labute approximate surface area is 121 Å². The third kappa shape index (κ3) is 5.07. The van der Waals surface area contributed by atoms with Crippen molar-refractivity contribution in [1.82, 2.24) is 10.6 Å². The number of aliphatic carboxylic acids is 1. The lowest BCUT2D eigenvalue weighted by Crippen LogP contribution is -2.39. The molecule has 0 saturated heterocycles. The largest absolute Gasteiger partial charge is 0.479 e. The minimum absolute atomic E-state index is 0.0524. The van der Waals surface area contributed by atoms with E-state index in [-0.39, 0.29) is 19.0 Å². The molecule has 0 fully saturated rings. The van der Waals surface area contributed by atoms with E-state index < -0.39 is 18.1 Å². The molecule has 0 saturated carbocycles. The number of amides is 2. The number of carboxylic acid groups (broad SMARTS) is 1. The molecule has 0 aliphatic carbocycles. The van der Waals surface area contributed by atoms with Crippen molar-refractivity contribution in [2.24, 2.45) is 0 Å². The van der Waals surface area contributed by atoms with Gasteiger partial charge in [0.05, 0.1) is 6.04 Å². The summed E-state index contributed by atoms with van der Waals surface area (Å²) in [6, 6.07) is 6.42. The molecule has 0 aliphatic rings. The van der Waals surface area contributed by atoms with Crippen LogP contribution in [0.2, 0.25) is 5.02 Å². The van der Waals surface area contributed by atoms with Crippen molar-refractivity contribution < 1.29 is 19.8 Å². The summed E-state index contributed by atoms with van der Waals surface area (Å²) in [7, 11) is 0. The van der Waals surface area contributed by atoms with E-state index in [4.69, 9.17) is 21.8 Å². The van der Waals surface area contributed by atoms with Gasteiger partial charge in [0.25, 0.3) is 0 Å². The van der Waals surface area contributed by atoms with Gasteiger partial charge < -0.3 is 20.8 Å². The Morgan fingerprint density at radius 2 is 2.00 bits per heavy atom. The number of halogens is 1. The highest BCUT2D eigenvalue weighted by Gasteiger charge is 2.14. The molecule has 0 aliphatic heterocycles. The van der Waals surface area contributed by atoms with Gasteiger partial charge in [0.1, 0.15) is 0 Å². The van der Waals surface area contributed by atoms with E-state index in [1.165, 1.54) is 0 Å². The molecular formula is C13H17ClN2O4. The third-order valence-electron chi connectivity index (χ3n) is 2.71. The summed E-state index contributed by atoms with van der Waals surface area (Å²) in [5.41, 5.74) is 0.787. The van der Waals surface area contributed by atoms with E-state index in [2.05, 4.69) is 10.6 Å². The van der Waals surface area contributed by atoms with Gasteiger partial charge in [0, 0.05) is 18.0 Å². The van der Waals surface area contributed by atoms with E-state index in [1.807, 2.05) is 12.1 Å². The lowest BCUT2D eigenvalue weighted by Gasteiger charge is -2.16. The Balaban J connectivity index is 2.39. The van der Waals surface area contributed by atoms with Crippen LogP contribution in [-0.2, 0) is 4.79 Å². The number of carbonyl (C=O) groups excluding carboxylic acids is 1. The number of aliphatic hydroxyl groups excluding tert-OH is 1. The maximum atomic E-state index is 11.6. The highest BCUT2D eigenvalue weighted by Crippen LogP contribution is 2.21. The molecule has 2 atom stereocenters. The molecule has 0 bridgehead atoms. The van der Waals surface area contributed by atoms with Crippen LogP contribution in [0.15, 0.2) is 24.3 Å². The van der Waals surface area contributed by atoms with Gasteiger partial charge >= 0.3 is 12.0 Å². The molecule has 6 nitrogen and oxygen atoms in total. The minimum Gasteiger partial charge on any atom is -0.479 e. The number of carbonyl (C=O) groups is 2. The van der Waals surface area contributed by atoms with Crippen molar-refractivity contribution in [1.29, 1.82) is 0 Å². The Morgan fingerprint density at radius 1 is 1.35 bits per heavy atom. The molecule has 1 aromatic carbocycles. The van der Waals surface area contributed by atoms with Gasteiger partial charge in [-0.05, 0) is 18.6 Å². The second-order valence-corrected chi connectivity index (χ2v) is 4.69. The zero-order valence-electron chi connectivity index (χ0n) is 11.0. The average Bonchev–Trinajstić information content (AvgIpc) is 2.38. The van der Waals surface area contributed by atoms with Crippen molar-refractivity contribution in [3.05, 3.63) is 34.9 Å².